The number of rotatable bonds is 8. The fourth-order valence-electron chi connectivity index (χ4n) is 2.48. The van der Waals surface area contributed by atoms with Crippen LogP contribution in [0.1, 0.15) is 12.0 Å². The zero-order valence-corrected chi connectivity index (χ0v) is 14.5. The van der Waals surface area contributed by atoms with Crippen LogP contribution in [0.15, 0.2) is 48.5 Å². The minimum atomic E-state index is -0.0334. The lowest BCUT2D eigenvalue weighted by Gasteiger charge is -2.15. The van der Waals surface area contributed by atoms with Crippen molar-refractivity contribution in [3.63, 3.8) is 0 Å². The molecule has 5 heteroatoms. The van der Waals surface area contributed by atoms with E-state index in [0.717, 1.165) is 13.1 Å². The number of nitrogens with one attached hydrogen (secondary N) is 2. The Morgan fingerprint density at radius 1 is 1.08 bits per heavy atom. The number of benzene rings is 2. The molecule has 24 heavy (non-hydrogen) atoms. The summed E-state index contributed by atoms with van der Waals surface area (Å²) in [4.78, 5) is 13.5. The molecule has 2 aromatic rings. The topological polar surface area (TPSA) is 52.0 Å². The third-order valence-electron chi connectivity index (χ3n) is 3.81. The van der Waals surface area contributed by atoms with Gasteiger partial charge in [0.15, 0.2) is 0 Å². The van der Waals surface area contributed by atoms with E-state index in [1.54, 1.807) is 32.4 Å². The first kappa shape index (κ1) is 17.8. The van der Waals surface area contributed by atoms with E-state index in [1.807, 2.05) is 18.2 Å². The van der Waals surface area contributed by atoms with Gasteiger partial charge in [-0.05, 0) is 12.1 Å². The fourth-order valence-corrected chi connectivity index (χ4v) is 2.48. The second-order valence-electron chi connectivity index (χ2n) is 5.73. The van der Waals surface area contributed by atoms with Crippen LogP contribution in [0.25, 0.3) is 0 Å². The molecule has 0 fully saturated rings. The molecule has 0 saturated carbocycles. The van der Waals surface area contributed by atoms with E-state index >= 15 is 0 Å². The van der Waals surface area contributed by atoms with Gasteiger partial charge in [0.25, 0.3) is 0 Å². The summed E-state index contributed by atoms with van der Waals surface area (Å²) in [6.07, 6.45) is 0.443. The number of carbonyl (C=O) groups excluding carboxylic acids is 1. The van der Waals surface area contributed by atoms with Crippen molar-refractivity contribution in [3.05, 3.63) is 54.1 Å². The van der Waals surface area contributed by atoms with Gasteiger partial charge in [-0.2, -0.15) is 0 Å². The molecule has 2 rings (SSSR count). The summed E-state index contributed by atoms with van der Waals surface area (Å²) >= 11 is 0. The van der Waals surface area contributed by atoms with Crippen LogP contribution in [0.5, 0.6) is 11.5 Å². The zero-order valence-electron chi connectivity index (χ0n) is 14.5. The van der Waals surface area contributed by atoms with Crippen LogP contribution in [-0.4, -0.2) is 33.7 Å². The molecule has 0 heterocycles. The number of quaternary nitrogens is 1. The average Bonchev–Trinajstić information content (AvgIpc) is 2.60. The molecule has 0 aromatic heterocycles. The number of hydrogen-bond acceptors (Lipinski definition) is 3. The predicted molar refractivity (Wildman–Crippen MR) is 94.7 cm³/mol. The van der Waals surface area contributed by atoms with Crippen molar-refractivity contribution in [2.45, 2.75) is 13.0 Å². The quantitative estimate of drug-likeness (QED) is 0.776. The Hall–Kier alpha value is -2.53. The van der Waals surface area contributed by atoms with E-state index in [0.29, 0.717) is 23.6 Å². The molecule has 1 amide bonds. The zero-order chi connectivity index (χ0) is 17.4. The molecule has 2 aromatic carbocycles. The Kier molecular flexibility index (Phi) is 6.63. The van der Waals surface area contributed by atoms with Crippen molar-refractivity contribution in [3.8, 4) is 11.5 Å². The molecule has 0 radical (unpaired) electrons. The number of carbonyl (C=O) groups is 1. The van der Waals surface area contributed by atoms with Crippen molar-refractivity contribution >= 4 is 11.6 Å². The highest BCUT2D eigenvalue weighted by Crippen LogP contribution is 2.28. The number of hydrogen-bond donors (Lipinski definition) is 2. The SMILES string of the molecule is COc1ccc(OC)c(NC(=O)CC[NH+](C)Cc2ccccc2)c1. The second kappa shape index (κ2) is 8.93. The number of ether oxygens (including phenoxy) is 2. The lowest BCUT2D eigenvalue weighted by Crippen LogP contribution is -3.07. The van der Waals surface area contributed by atoms with Crippen LogP contribution >= 0.6 is 0 Å². The summed E-state index contributed by atoms with van der Waals surface area (Å²) in [5, 5.41) is 2.90. The fraction of sp³-hybridized carbons (Fsp3) is 0.316. The minimum absolute atomic E-state index is 0.0334. The van der Waals surface area contributed by atoms with Crippen LogP contribution in [0.4, 0.5) is 5.69 Å². The van der Waals surface area contributed by atoms with Gasteiger partial charge in [0, 0.05) is 11.6 Å². The molecule has 1 atom stereocenters. The van der Waals surface area contributed by atoms with Crippen LogP contribution in [0, 0.1) is 0 Å². The van der Waals surface area contributed by atoms with Crippen molar-refractivity contribution < 1.29 is 19.2 Å². The van der Waals surface area contributed by atoms with Gasteiger partial charge in [0.05, 0.1) is 39.9 Å². The van der Waals surface area contributed by atoms with Gasteiger partial charge in [-0.3, -0.25) is 4.79 Å². The minimum Gasteiger partial charge on any atom is -0.497 e. The Labute approximate surface area is 143 Å². The van der Waals surface area contributed by atoms with E-state index in [1.165, 1.54) is 10.5 Å². The maximum atomic E-state index is 12.2. The first-order valence-corrected chi connectivity index (χ1v) is 7.99. The van der Waals surface area contributed by atoms with Gasteiger partial charge in [0.1, 0.15) is 18.0 Å². The number of amides is 1. The molecule has 0 aliphatic carbocycles. The van der Waals surface area contributed by atoms with Crippen molar-refractivity contribution in [1.29, 1.82) is 0 Å². The van der Waals surface area contributed by atoms with Gasteiger partial charge >= 0.3 is 0 Å². The smallest absolute Gasteiger partial charge is 0.230 e. The normalized spacial score (nSPS) is 11.6. The first-order chi connectivity index (χ1) is 11.6. The Morgan fingerprint density at radius 3 is 2.50 bits per heavy atom. The summed E-state index contributed by atoms with van der Waals surface area (Å²) in [7, 11) is 5.26. The van der Waals surface area contributed by atoms with E-state index < -0.39 is 0 Å². The summed E-state index contributed by atoms with van der Waals surface area (Å²) in [6, 6.07) is 15.6. The average molecular weight is 329 g/mol. The third-order valence-corrected chi connectivity index (χ3v) is 3.81. The highest BCUT2D eigenvalue weighted by atomic mass is 16.5. The second-order valence-corrected chi connectivity index (χ2v) is 5.73. The van der Waals surface area contributed by atoms with Crippen molar-refractivity contribution in [2.24, 2.45) is 0 Å². The summed E-state index contributed by atoms with van der Waals surface area (Å²) in [5.74, 6) is 1.26. The van der Waals surface area contributed by atoms with E-state index in [2.05, 4.69) is 24.5 Å². The van der Waals surface area contributed by atoms with Crippen LogP contribution in [0.3, 0.4) is 0 Å². The summed E-state index contributed by atoms with van der Waals surface area (Å²) < 4.78 is 10.5. The van der Waals surface area contributed by atoms with E-state index in [4.69, 9.17) is 9.47 Å². The molecule has 0 bridgehead atoms. The predicted octanol–water partition coefficient (Wildman–Crippen LogP) is 1.75. The lowest BCUT2D eigenvalue weighted by atomic mass is 10.2. The lowest BCUT2D eigenvalue weighted by molar-refractivity contribution is -0.893. The van der Waals surface area contributed by atoms with Gasteiger partial charge in [0.2, 0.25) is 5.91 Å². The molecule has 5 nitrogen and oxygen atoms in total. The molecular weight excluding hydrogens is 304 g/mol. The Bertz CT molecular complexity index is 659. The highest BCUT2D eigenvalue weighted by Gasteiger charge is 2.11. The molecule has 0 aliphatic rings. The van der Waals surface area contributed by atoms with E-state index in [9.17, 15) is 4.79 Å². The molecule has 1 unspecified atom stereocenters. The van der Waals surface area contributed by atoms with Gasteiger partial charge in [-0.15, -0.1) is 0 Å². The first-order valence-electron chi connectivity index (χ1n) is 7.99. The van der Waals surface area contributed by atoms with Crippen LogP contribution in [0.2, 0.25) is 0 Å². The van der Waals surface area contributed by atoms with Gasteiger partial charge in [-0.1, -0.05) is 30.3 Å². The van der Waals surface area contributed by atoms with Crippen LogP contribution < -0.4 is 19.7 Å². The monoisotopic (exact) mass is 329 g/mol. The van der Waals surface area contributed by atoms with Crippen molar-refractivity contribution in [2.75, 3.05) is 33.1 Å². The van der Waals surface area contributed by atoms with Gasteiger partial charge in [-0.25, -0.2) is 0 Å². The van der Waals surface area contributed by atoms with Crippen molar-refractivity contribution in [1.82, 2.24) is 0 Å². The Morgan fingerprint density at radius 2 is 1.83 bits per heavy atom. The maximum absolute atomic E-state index is 12.2. The third kappa shape index (κ3) is 5.28. The summed E-state index contributed by atoms with van der Waals surface area (Å²) in [5.41, 5.74) is 1.90. The summed E-state index contributed by atoms with van der Waals surface area (Å²) in [6.45, 7) is 1.66. The molecule has 0 aliphatic heterocycles. The largest absolute Gasteiger partial charge is 0.497 e. The Balaban J connectivity index is 1.87. The number of anilines is 1. The molecule has 0 saturated heterocycles. The number of methoxy groups -OCH3 is 2. The maximum Gasteiger partial charge on any atom is 0.230 e. The highest BCUT2D eigenvalue weighted by molar-refractivity contribution is 5.92. The molecular formula is C19H25N2O3+. The van der Waals surface area contributed by atoms with E-state index in [-0.39, 0.29) is 5.91 Å². The van der Waals surface area contributed by atoms with Crippen LogP contribution in [-0.2, 0) is 11.3 Å². The van der Waals surface area contributed by atoms with Gasteiger partial charge < -0.3 is 19.7 Å². The standard InChI is InChI=1S/C19H24N2O3/c1-21(14-15-7-5-4-6-8-15)12-11-19(22)20-17-13-16(23-2)9-10-18(17)24-3/h4-10,13H,11-12,14H2,1-3H3,(H,20,22)/p+1. The molecule has 0 spiro atoms. The molecule has 2 N–H and O–H groups in total. The molecule has 128 valence electrons.